The first-order chi connectivity index (χ1) is 9.81. The molecule has 0 N–H and O–H groups in total. The van der Waals surface area contributed by atoms with Crippen molar-refractivity contribution in [3.8, 4) is 0 Å². The molecule has 0 aliphatic carbocycles. The molecule has 4 heteroatoms. The zero-order valence-corrected chi connectivity index (χ0v) is 11.8. The Kier molecular flexibility index (Phi) is 5.44. The van der Waals surface area contributed by atoms with Crippen LogP contribution in [0.2, 0.25) is 0 Å². The Labute approximate surface area is 123 Å². The first-order valence-corrected chi connectivity index (χ1v) is 6.94. The van der Waals surface area contributed by atoms with Crippen molar-refractivity contribution in [2.45, 2.75) is 6.61 Å². The van der Waals surface area contributed by atoms with Crippen LogP contribution in [-0.4, -0.2) is 18.5 Å². The van der Waals surface area contributed by atoms with Gasteiger partial charge in [0.05, 0.1) is 0 Å². The van der Waals surface area contributed by atoms with E-state index < -0.39 is 0 Å². The summed E-state index contributed by atoms with van der Waals surface area (Å²) >= 11 is 5.76. The number of alkyl halides is 1. The van der Waals surface area contributed by atoms with Gasteiger partial charge in [0.25, 0.3) is 0 Å². The molecule has 2 aromatic rings. The van der Waals surface area contributed by atoms with Gasteiger partial charge < -0.3 is 4.74 Å². The van der Waals surface area contributed by atoms with E-state index in [4.69, 9.17) is 16.3 Å². The first-order valence-electron chi connectivity index (χ1n) is 6.40. The van der Waals surface area contributed by atoms with Crippen LogP contribution in [0.3, 0.4) is 0 Å². The van der Waals surface area contributed by atoms with Crippen molar-refractivity contribution in [2.75, 3.05) is 17.3 Å². The average Bonchev–Trinajstić information content (AvgIpc) is 2.52. The molecule has 3 nitrogen and oxygen atoms in total. The molecule has 0 aromatic heterocycles. The smallest absolute Gasteiger partial charge is 0.414 e. The lowest BCUT2D eigenvalue weighted by atomic mass is 10.2. The van der Waals surface area contributed by atoms with Crippen molar-refractivity contribution in [3.63, 3.8) is 0 Å². The summed E-state index contributed by atoms with van der Waals surface area (Å²) in [5.74, 6) is 0.356. The van der Waals surface area contributed by atoms with Gasteiger partial charge in [-0.25, -0.2) is 4.79 Å². The predicted molar refractivity (Wildman–Crippen MR) is 81.1 cm³/mol. The van der Waals surface area contributed by atoms with Gasteiger partial charge in [-0.3, -0.25) is 4.90 Å². The Morgan fingerprint density at radius 3 is 2.20 bits per heavy atom. The molecule has 104 valence electrons. The van der Waals surface area contributed by atoms with Crippen LogP contribution in [0.1, 0.15) is 5.56 Å². The van der Waals surface area contributed by atoms with Crippen LogP contribution < -0.4 is 4.90 Å². The van der Waals surface area contributed by atoms with E-state index in [0.29, 0.717) is 12.4 Å². The van der Waals surface area contributed by atoms with Crippen molar-refractivity contribution in [2.24, 2.45) is 0 Å². The number of rotatable bonds is 5. The quantitative estimate of drug-likeness (QED) is 0.777. The highest BCUT2D eigenvalue weighted by Gasteiger charge is 2.16. The molecule has 0 saturated heterocycles. The van der Waals surface area contributed by atoms with Crippen LogP contribution in [0.4, 0.5) is 10.5 Å². The maximum atomic E-state index is 12.2. The second-order valence-electron chi connectivity index (χ2n) is 4.22. The molecule has 0 aliphatic rings. The fraction of sp³-hybridized carbons (Fsp3) is 0.188. The molecule has 0 heterocycles. The summed E-state index contributed by atoms with van der Waals surface area (Å²) in [5.41, 5.74) is 1.74. The van der Waals surface area contributed by atoms with Gasteiger partial charge in [-0.15, -0.1) is 11.6 Å². The lowest BCUT2D eigenvalue weighted by molar-refractivity contribution is 0.147. The SMILES string of the molecule is O=C(OCc1ccccc1)N(CCCl)c1ccccc1. The molecule has 0 spiro atoms. The minimum Gasteiger partial charge on any atom is -0.444 e. The van der Waals surface area contributed by atoms with E-state index in [-0.39, 0.29) is 12.7 Å². The van der Waals surface area contributed by atoms with Gasteiger partial charge in [-0.05, 0) is 17.7 Å². The summed E-state index contributed by atoms with van der Waals surface area (Å²) in [6.45, 7) is 0.671. The summed E-state index contributed by atoms with van der Waals surface area (Å²) < 4.78 is 5.33. The van der Waals surface area contributed by atoms with Gasteiger partial charge in [0, 0.05) is 18.1 Å². The highest BCUT2D eigenvalue weighted by molar-refractivity contribution is 6.18. The Morgan fingerprint density at radius 2 is 1.60 bits per heavy atom. The topological polar surface area (TPSA) is 29.5 Å². The standard InChI is InChI=1S/C16H16ClNO2/c17-11-12-18(15-9-5-2-6-10-15)16(19)20-13-14-7-3-1-4-8-14/h1-10H,11-13H2. The third kappa shape index (κ3) is 4.00. The lowest BCUT2D eigenvalue weighted by Crippen LogP contribution is -2.33. The Hall–Kier alpha value is -2.00. The fourth-order valence-corrected chi connectivity index (χ4v) is 1.98. The number of halogens is 1. The maximum Gasteiger partial charge on any atom is 0.414 e. The molecule has 0 aliphatic heterocycles. The fourth-order valence-electron chi connectivity index (χ4n) is 1.82. The van der Waals surface area contributed by atoms with Crippen molar-refractivity contribution in [1.29, 1.82) is 0 Å². The van der Waals surface area contributed by atoms with Crippen LogP contribution in [0, 0.1) is 0 Å². The van der Waals surface area contributed by atoms with E-state index in [1.807, 2.05) is 60.7 Å². The van der Waals surface area contributed by atoms with E-state index in [1.54, 1.807) is 0 Å². The van der Waals surface area contributed by atoms with E-state index in [1.165, 1.54) is 4.90 Å². The Balaban J connectivity index is 2.01. The Morgan fingerprint density at radius 1 is 1.00 bits per heavy atom. The molecular weight excluding hydrogens is 274 g/mol. The third-order valence-electron chi connectivity index (χ3n) is 2.80. The van der Waals surface area contributed by atoms with Gasteiger partial charge in [0.15, 0.2) is 0 Å². The van der Waals surface area contributed by atoms with Gasteiger partial charge in [-0.2, -0.15) is 0 Å². The van der Waals surface area contributed by atoms with Crippen LogP contribution >= 0.6 is 11.6 Å². The van der Waals surface area contributed by atoms with Gasteiger partial charge in [0.2, 0.25) is 0 Å². The number of carbonyl (C=O) groups excluding carboxylic acids is 1. The summed E-state index contributed by atoms with van der Waals surface area (Å²) in [4.78, 5) is 13.7. The van der Waals surface area contributed by atoms with E-state index in [2.05, 4.69) is 0 Å². The van der Waals surface area contributed by atoms with Crippen molar-refractivity contribution in [1.82, 2.24) is 0 Å². The molecule has 0 atom stereocenters. The highest BCUT2D eigenvalue weighted by atomic mass is 35.5. The van der Waals surface area contributed by atoms with E-state index >= 15 is 0 Å². The van der Waals surface area contributed by atoms with Gasteiger partial charge in [0.1, 0.15) is 6.61 Å². The normalized spacial score (nSPS) is 10.1. The maximum absolute atomic E-state index is 12.2. The van der Waals surface area contributed by atoms with Crippen LogP contribution in [-0.2, 0) is 11.3 Å². The van der Waals surface area contributed by atoms with Crippen LogP contribution in [0.25, 0.3) is 0 Å². The number of hydrogen-bond donors (Lipinski definition) is 0. The third-order valence-corrected chi connectivity index (χ3v) is 2.97. The minimum atomic E-state index is -0.388. The van der Waals surface area contributed by atoms with Crippen LogP contribution in [0.15, 0.2) is 60.7 Å². The number of amides is 1. The van der Waals surface area contributed by atoms with Gasteiger partial charge in [-0.1, -0.05) is 48.5 Å². The number of para-hydroxylation sites is 1. The second-order valence-corrected chi connectivity index (χ2v) is 4.59. The predicted octanol–water partition coefficient (Wildman–Crippen LogP) is 4.07. The first kappa shape index (κ1) is 14.4. The number of hydrogen-bond acceptors (Lipinski definition) is 2. The zero-order valence-electron chi connectivity index (χ0n) is 11.0. The van der Waals surface area contributed by atoms with Crippen LogP contribution in [0.5, 0.6) is 0 Å². The van der Waals surface area contributed by atoms with Crippen molar-refractivity contribution in [3.05, 3.63) is 66.2 Å². The molecule has 2 aromatic carbocycles. The number of anilines is 1. The zero-order chi connectivity index (χ0) is 14.2. The number of ether oxygens (including phenoxy) is 1. The average molecular weight is 290 g/mol. The van der Waals surface area contributed by atoms with Gasteiger partial charge >= 0.3 is 6.09 Å². The summed E-state index contributed by atoms with van der Waals surface area (Å²) in [7, 11) is 0. The molecule has 20 heavy (non-hydrogen) atoms. The highest BCUT2D eigenvalue weighted by Crippen LogP contribution is 2.15. The molecule has 0 radical (unpaired) electrons. The molecular formula is C16H16ClNO2. The number of carbonyl (C=O) groups is 1. The van der Waals surface area contributed by atoms with E-state index in [9.17, 15) is 4.79 Å². The molecule has 0 fully saturated rings. The minimum absolute atomic E-state index is 0.255. The largest absolute Gasteiger partial charge is 0.444 e. The summed E-state index contributed by atoms with van der Waals surface area (Å²) in [6.07, 6.45) is -0.388. The monoisotopic (exact) mass is 289 g/mol. The van der Waals surface area contributed by atoms with Crippen molar-refractivity contribution >= 4 is 23.4 Å². The molecule has 0 saturated carbocycles. The molecule has 2 rings (SSSR count). The second kappa shape index (κ2) is 7.56. The molecule has 0 unspecified atom stereocenters. The number of nitrogens with zero attached hydrogens (tertiary/aromatic N) is 1. The lowest BCUT2D eigenvalue weighted by Gasteiger charge is -2.21. The Bertz CT molecular complexity index is 531. The summed E-state index contributed by atoms with van der Waals surface area (Å²) in [6, 6.07) is 19.0. The van der Waals surface area contributed by atoms with Crippen molar-refractivity contribution < 1.29 is 9.53 Å². The molecule has 1 amide bonds. The summed E-state index contributed by atoms with van der Waals surface area (Å²) in [5, 5.41) is 0. The van der Waals surface area contributed by atoms with E-state index in [0.717, 1.165) is 11.3 Å². The molecule has 0 bridgehead atoms. The number of benzene rings is 2.